The monoisotopic (exact) mass is 475 g/mol. The molecule has 0 fully saturated rings. The lowest BCUT2D eigenvalue weighted by Gasteiger charge is -2.15. The third-order valence-electron chi connectivity index (χ3n) is 4.26. The molecule has 0 unspecified atom stereocenters. The van der Waals surface area contributed by atoms with Crippen molar-refractivity contribution in [3.8, 4) is 5.75 Å². The highest BCUT2D eigenvalue weighted by Gasteiger charge is 2.30. The first kappa shape index (κ1) is 21.6. The van der Waals surface area contributed by atoms with E-state index in [0.29, 0.717) is 27.0 Å². The smallest absolute Gasteiger partial charge is 0.416 e. The molecule has 154 valence electrons. The van der Waals surface area contributed by atoms with Gasteiger partial charge < -0.3 is 10.1 Å². The lowest BCUT2D eigenvalue weighted by Crippen LogP contribution is -2.07. The van der Waals surface area contributed by atoms with Crippen LogP contribution in [0, 0.1) is 0 Å². The minimum absolute atomic E-state index is 0.207. The predicted molar refractivity (Wildman–Crippen MR) is 115 cm³/mol. The Labute approximate surface area is 180 Å². The maximum absolute atomic E-state index is 13.1. The van der Waals surface area contributed by atoms with Crippen molar-refractivity contribution in [2.24, 2.45) is 0 Å². The standard InChI is InChI=1S/C23H17BrF3NO2/c1-30-18-9-4-6-15(12-18)21(14-22(29)19-10-2-3-11-20(19)24)28-17-8-5-7-16(13-17)23(25,26)27/h2-14,28H,1H3/b21-14+. The maximum Gasteiger partial charge on any atom is 0.416 e. The van der Waals surface area contributed by atoms with Gasteiger partial charge in [-0.2, -0.15) is 13.2 Å². The summed E-state index contributed by atoms with van der Waals surface area (Å²) >= 11 is 3.35. The number of rotatable bonds is 6. The number of methoxy groups -OCH3 is 1. The van der Waals surface area contributed by atoms with Gasteiger partial charge in [0.25, 0.3) is 0 Å². The van der Waals surface area contributed by atoms with E-state index in [-0.39, 0.29) is 11.5 Å². The van der Waals surface area contributed by atoms with E-state index in [0.717, 1.165) is 12.1 Å². The van der Waals surface area contributed by atoms with Crippen LogP contribution in [0.15, 0.2) is 83.3 Å². The van der Waals surface area contributed by atoms with E-state index < -0.39 is 11.7 Å². The molecule has 0 saturated carbocycles. The van der Waals surface area contributed by atoms with Crippen molar-refractivity contribution in [1.29, 1.82) is 0 Å². The highest BCUT2D eigenvalue weighted by molar-refractivity contribution is 9.10. The SMILES string of the molecule is COc1cccc(/C(=C\C(=O)c2ccccc2Br)Nc2cccc(C(F)(F)F)c2)c1. The zero-order valence-electron chi connectivity index (χ0n) is 15.8. The van der Waals surface area contributed by atoms with Gasteiger partial charge in [0, 0.05) is 33.1 Å². The third kappa shape index (κ3) is 5.30. The number of anilines is 1. The first-order chi connectivity index (χ1) is 14.3. The van der Waals surface area contributed by atoms with Gasteiger partial charge in [0.05, 0.1) is 12.7 Å². The Bertz CT molecular complexity index is 1090. The Morgan fingerprint density at radius 1 is 1.00 bits per heavy atom. The lowest BCUT2D eigenvalue weighted by molar-refractivity contribution is -0.137. The van der Waals surface area contributed by atoms with Crippen LogP contribution in [-0.2, 0) is 6.18 Å². The number of alkyl halides is 3. The van der Waals surface area contributed by atoms with E-state index in [9.17, 15) is 18.0 Å². The Morgan fingerprint density at radius 3 is 2.43 bits per heavy atom. The molecule has 1 N–H and O–H groups in total. The molecule has 0 aliphatic rings. The zero-order valence-corrected chi connectivity index (χ0v) is 17.4. The number of allylic oxidation sites excluding steroid dienone is 1. The minimum Gasteiger partial charge on any atom is -0.497 e. The number of hydrogen-bond acceptors (Lipinski definition) is 3. The summed E-state index contributed by atoms with van der Waals surface area (Å²) in [7, 11) is 1.51. The zero-order chi connectivity index (χ0) is 21.7. The molecule has 3 aromatic carbocycles. The molecule has 0 aliphatic carbocycles. The van der Waals surface area contributed by atoms with Crippen molar-refractivity contribution in [1.82, 2.24) is 0 Å². The van der Waals surface area contributed by atoms with Gasteiger partial charge in [-0.1, -0.05) is 46.3 Å². The van der Waals surface area contributed by atoms with Crippen molar-refractivity contribution in [3.05, 3.63) is 100 Å². The van der Waals surface area contributed by atoms with Gasteiger partial charge in [0.1, 0.15) is 5.75 Å². The van der Waals surface area contributed by atoms with Gasteiger partial charge in [-0.3, -0.25) is 4.79 Å². The average Bonchev–Trinajstić information content (AvgIpc) is 2.73. The Hall–Kier alpha value is -3.06. The van der Waals surface area contributed by atoms with E-state index in [1.54, 1.807) is 48.5 Å². The van der Waals surface area contributed by atoms with Crippen molar-refractivity contribution < 1.29 is 22.7 Å². The number of nitrogens with one attached hydrogen (secondary N) is 1. The van der Waals surface area contributed by atoms with Crippen LogP contribution in [0.2, 0.25) is 0 Å². The third-order valence-corrected chi connectivity index (χ3v) is 4.96. The molecule has 3 nitrogen and oxygen atoms in total. The molecule has 0 heterocycles. The molecule has 7 heteroatoms. The van der Waals surface area contributed by atoms with Crippen molar-refractivity contribution in [2.75, 3.05) is 12.4 Å². The molecule has 0 bridgehead atoms. The van der Waals surface area contributed by atoms with E-state index >= 15 is 0 Å². The van der Waals surface area contributed by atoms with Crippen molar-refractivity contribution in [2.45, 2.75) is 6.18 Å². The molecular formula is C23H17BrF3NO2. The molecule has 0 aliphatic heterocycles. The van der Waals surface area contributed by atoms with Crippen LogP contribution in [-0.4, -0.2) is 12.9 Å². The van der Waals surface area contributed by atoms with Gasteiger partial charge in [-0.25, -0.2) is 0 Å². The van der Waals surface area contributed by atoms with Gasteiger partial charge in [0.2, 0.25) is 0 Å². The number of carbonyl (C=O) groups is 1. The van der Waals surface area contributed by atoms with E-state index in [1.165, 1.54) is 25.3 Å². The van der Waals surface area contributed by atoms with Crippen LogP contribution in [0.3, 0.4) is 0 Å². The molecule has 30 heavy (non-hydrogen) atoms. The molecule has 3 aromatic rings. The first-order valence-corrected chi connectivity index (χ1v) is 9.66. The fourth-order valence-electron chi connectivity index (χ4n) is 2.78. The Kier molecular flexibility index (Phi) is 6.62. The van der Waals surface area contributed by atoms with Crippen LogP contribution in [0.1, 0.15) is 21.5 Å². The molecule has 3 rings (SSSR count). The second-order valence-corrected chi connectivity index (χ2v) is 7.19. The summed E-state index contributed by atoms with van der Waals surface area (Å²) in [6.07, 6.45) is -3.11. The molecule has 0 atom stereocenters. The fourth-order valence-corrected chi connectivity index (χ4v) is 3.26. The van der Waals surface area contributed by atoms with Gasteiger partial charge in [-0.15, -0.1) is 0 Å². The first-order valence-electron chi connectivity index (χ1n) is 8.87. The molecule has 0 aromatic heterocycles. The van der Waals surface area contributed by atoms with Crippen molar-refractivity contribution in [3.63, 3.8) is 0 Å². The number of benzene rings is 3. The lowest BCUT2D eigenvalue weighted by atomic mass is 10.1. The topological polar surface area (TPSA) is 38.3 Å². The second kappa shape index (κ2) is 9.17. The maximum atomic E-state index is 13.1. The summed E-state index contributed by atoms with van der Waals surface area (Å²) in [5, 5.41) is 2.95. The van der Waals surface area contributed by atoms with E-state index in [2.05, 4.69) is 21.2 Å². The Morgan fingerprint density at radius 2 is 1.73 bits per heavy atom. The van der Waals surface area contributed by atoms with Gasteiger partial charge in [0.15, 0.2) is 5.78 Å². The van der Waals surface area contributed by atoms with Crippen LogP contribution in [0.5, 0.6) is 5.75 Å². The number of carbonyl (C=O) groups excluding carboxylic acids is 1. The molecule has 0 amide bonds. The molecule has 0 radical (unpaired) electrons. The molecule has 0 saturated heterocycles. The number of ether oxygens (including phenoxy) is 1. The highest BCUT2D eigenvalue weighted by Crippen LogP contribution is 2.32. The molecule has 0 spiro atoms. The van der Waals surface area contributed by atoms with Gasteiger partial charge in [-0.05, 0) is 42.5 Å². The normalized spacial score (nSPS) is 11.8. The van der Waals surface area contributed by atoms with Crippen LogP contribution in [0.25, 0.3) is 5.70 Å². The summed E-state index contributed by atoms with van der Waals surface area (Å²) in [4.78, 5) is 12.9. The van der Waals surface area contributed by atoms with Crippen LogP contribution < -0.4 is 10.1 Å². The average molecular weight is 476 g/mol. The summed E-state index contributed by atoms with van der Waals surface area (Å²) in [6.45, 7) is 0. The largest absolute Gasteiger partial charge is 0.497 e. The van der Waals surface area contributed by atoms with Crippen molar-refractivity contribution >= 4 is 33.1 Å². The van der Waals surface area contributed by atoms with Gasteiger partial charge >= 0.3 is 6.18 Å². The summed E-state index contributed by atoms with van der Waals surface area (Å²) in [5.41, 5.74) is 0.790. The summed E-state index contributed by atoms with van der Waals surface area (Å²) in [6, 6.07) is 18.6. The summed E-state index contributed by atoms with van der Waals surface area (Å²) < 4.78 is 45.1. The van der Waals surface area contributed by atoms with Crippen LogP contribution >= 0.6 is 15.9 Å². The van der Waals surface area contributed by atoms with E-state index in [1.807, 2.05) is 0 Å². The minimum atomic E-state index is -4.47. The second-order valence-electron chi connectivity index (χ2n) is 6.34. The summed E-state index contributed by atoms with van der Waals surface area (Å²) in [5.74, 6) is 0.248. The number of hydrogen-bond donors (Lipinski definition) is 1. The van der Waals surface area contributed by atoms with Crippen LogP contribution in [0.4, 0.5) is 18.9 Å². The highest BCUT2D eigenvalue weighted by atomic mass is 79.9. The Balaban J connectivity index is 2.04. The predicted octanol–water partition coefficient (Wildman–Crippen LogP) is 6.81. The number of ketones is 1. The fraction of sp³-hybridized carbons (Fsp3) is 0.0870. The quantitative estimate of drug-likeness (QED) is 0.314. The molecular weight excluding hydrogens is 459 g/mol. The number of halogens is 4. The van der Waals surface area contributed by atoms with E-state index in [4.69, 9.17) is 4.74 Å².